The van der Waals surface area contributed by atoms with Gasteiger partial charge in [0.2, 0.25) is 0 Å². The van der Waals surface area contributed by atoms with Crippen molar-refractivity contribution < 1.29 is 30.0 Å². The molecule has 0 spiro atoms. The van der Waals surface area contributed by atoms with Crippen LogP contribution in [0.25, 0.3) is 0 Å². The van der Waals surface area contributed by atoms with Crippen LogP contribution in [-0.2, 0) is 9.59 Å². The third-order valence-corrected chi connectivity index (χ3v) is 7.08. The molecule has 4 N–H and O–H groups in total. The second-order valence-electron chi connectivity index (χ2n) is 11.2. The van der Waals surface area contributed by atoms with Crippen molar-refractivity contribution >= 4 is 11.9 Å². The van der Waals surface area contributed by atoms with E-state index in [2.05, 4.69) is 20.8 Å². The zero-order valence-corrected chi connectivity index (χ0v) is 25.4. The smallest absolute Gasteiger partial charge is 0.317 e. The van der Waals surface area contributed by atoms with Crippen LogP contribution in [-0.4, -0.2) is 118 Å². The molecule has 9 nitrogen and oxygen atoms in total. The Labute approximate surface area is 238 Å². The molecule has 2 unspecified atom stereocenters. The lowest BCUT2D eigenvalue weighted by molar-refractivity contribution is -0.139. The van der Waals surface area contributed by atoms with E-state index in [9.17, 15) is 30.0 Å². The van der Waals surface area contributed by atoms with Gasteiger partial charge in [-0.3, -0.25) is 24.3 Å². The summed E-state index contributed by atoms with van der Waals surface area (Å²) in [5.74, 6) is -1.79. The maximum Gasteiger partial charge on any atom is 0.317 e. The van der Waals surface area contributed by atoms with Gasteiger partial charge in [-0.2, -0.15) is 0 Å². The predicted octanol–water partition coefficient (Wildman–Crippen LogP) is 4.30. The van der Waals surface area contributed by atoms with Crippen LogP contribution >= 0.6 is 0 Å². The molecule has 2 atom stereocenters. The van der Waals surface area contributed by atoms with Gasteiger partial charge in [-0.25, -0.2) is 0 Å². The molecule has 0 fully saturated rings. The number of aliphatic hydroxyl groups is 2. The number of aliphatic hydroxyl groups excluding tert-OH is 2. The number of carboxylic acids is 2. The fourth-order valence-electron chi connectivity index (χ4n) is 5.03. The Morgan fingerprint density at radius 2 is 0.795 bits per heavy atom. The molecule has 0 aliphatic carbocycles. The lowest BCUT2D eigenvalue weighted by Gasteiger charge is -2.31. The average molecular weight is 560 g/mol. The van der Waals surface area contributed by atoms with Crippen LogP contribution in [0.4, 0.5) is 0 Å². The van der Waals surface area contributed by atoms with Crippen molar-refractivity contribution in [2.24, 2.45) is 0 Å². The second kappa shape index (κ2) is 25.7. The maximum atomic E-state index is 11.4. The first-order valence-electron chi connectivity index (χ1n) is 15.7. The number of hydrogen-bond donors (Lipinski definition) is 4. The van der Waals surface area contributed by atoms with Crippen molar-refractivity contribution in [3.05, 3.63) is 0 Å². The third-order valence-electron chi connectivity index (χ3n) is 7.08. The monoisotopic (exact) mass is 559 g/mol. The van der Waals surface area contributed by atoms with Crippen LogP contribution in [0.5, 0.6) is 0 Å². The molecule has 232 valence electrons. The van der Waals surface area contributed by atoms with E-state index in [1.54, 1.807) is 0 Å². The van der Waals surface area contributed by atoms with Crippen molar-refractivity contribution in [2.75, 3.05) is 58.9 Å². The number of nitrogens with zero attached hydrogens (tertiary/aromatic N) is 3. The quantitative estimate of drug-likeness (QED) is 0.0993. The molecular formula is C30H61N3O6. The summed E-state index contributed by atoms with van der Waals surface area (Å²) in [6.45, 7) is 9.55. The molecule has 0 saturated heterocycles. The van der Waals surface area contributed by atoms with Crippen molar-refractivity contribution in [1.29, 1.82) is 0 Å². The lowest BCUT2D eigenvalue weighted by Crippen LogP contribution is -2.47. The first-order valence-corrected chi connectivity index (χ1v) is 15.7. The number of unbranched alkanes of at least 4 members (excludes halogenated alkanes) is 11. The van der Waals surface area contributed by atoms with Crippen LogP contribution in [0.1, 0.15) is 111 Å². The summed E-state index contributed by atoms with van der Waals surface area (Å²) in [6, 6.07) is 0. The molecule has 0 aliphatic heterocycles. The zero-order chi connectivity index (χ0) is 29.3. The van der Waals surface area contributed by atoms with Gasteiger partial charge in [-0.15, -0.1) is 0 Å². The highest BCUT2D eigenvalue weighted by molar-refractivity contribution is 5.69. The summed E-state index contributed by atoms with van der Waals surface area (Å²) in [6.07, 6.45) is 13.9. The second-order valence-corrected chi connectivity index (χ2v) is 11.2. The fourth-order valence-corrected chi connectivity index (χ4v) is 5.03. The van der Waals surface area contributed by atoms with Gasteiger partial charge in [0.1, 0.15) is 0 Å². The van der Waals surface area contributed by atoms with Gasteiger partial charge in [0.15, 0.2) is 0 Å². The lowest BCUT2D eigenvalue weighted by atomic mass is 10.1. The maximum absolute atomic E-state index is 11.4. The van der Waals surface area contributed by atoms with E-state index in [4.69, 9.17) is 0 Å². The summed E-state index contributed by atoms with van der Waals surface area (Å²) >= 11 is 0. The van der Waals surface area contributed by atoms with E-state index in [-0.39, 0.29) is 26.2 Å². The summed E-state index contributed by atoms with van der Waals surface area (Å²) in [5.41, 5.74) is 0. The van der Waals surface area contributed by atoms with E-state index in [0.29, 0.717) is 26.2 Å². The molecule has 0 amide bonds. The van der Waals surface area contributed by atoms with Crippen LogP contribution < -0.4 is 0 Å². The van der Waals surface area contributed by atoms with E-state index in [0.717, 1.165) is 57.9 Å². The molecule has 0 aromatic carbocycles. The number of hydrogen-bond acceptors (Lipinski definition) is 7. The first-order chi connectivity index (χ1) is 18.7. The van der Waals surface area contributed by atoms with E-state index < -0.39 is 24.1 Å². The van der Waals surface area contributed by atoms with Crippen LogP contribution in [0.15, 0.2) is 0 Å². The number of rotatable bonds is 29. The van der Waals surface area contributed by atoms with Crippen molar-refractivity contribution in [2.45, 2.75) is 123 Å². The number of carbonyl (C=O) groups is 2. The van der Waals surface area contributed by atoms with Crippen LogP contribution in [0, 0.1) is 0 Å². The fraction of sp³-hybridized carbons (Fsp3) is 0.933. The Morgan fingerprint density at radius 1 is 0.487 bits per heavy atom. The molecule has 0 heterocycles. The molecule has 0 aromatic heterocycles. The molecule has 0 aromatic rings. The van der Waals surface area contributed by atoms with Gasteiger partial charge >= 0.3 is 11.9 Å². The molecule has 9 heteroatoms. The molecule has 0 radical (unpaired) electrons. The highest BCUT2D eigenvalue weighted by Gasteiger charge is 2.21. The molecular weight excluding hydrogens is 498 g/mol. The molecule has 39 heavy (non-hydrogen) atoms. The Bertz CT molecular complexity index is 549. The Balaban J connectivity index is 4.84. The van der Waals surface area contributed by atoms with Gasteiger partial charge in [-0.05, 0) is 38.9 Å². The summed E-state index contributed by atoms with van der Waals surface area (Å²) in [7, 11) is 0. The Hall–Kier alpha value is -1.26. The number of carboxylic acid groups (broad SMARTS) is 2. The summed E-state index contributed by atoms with van der Waals surface area (Å²) in [4.78, 5) is 28.4. The zero-order valence-electron chi connectivity index (χ0n) is 25.4. The minimum atomic E-state index is -0.893. The van der Waals surface area contributed by atoms with E-state index >= 15 is 0 Å². The Kier molecular flexibility index (Phi) is 24.9. The molecule has 0 rings (SSSR count). The SMILES string of the molecule is CCCCCCCCN(CC(=O)O)CC(O)CN(CCCC)CC(O)CN(CCCCCCCC)CC(=O)O. The minimum absolute atomic E-state index is 0.0911. The van der Waals surface area contributed by atoms with Crippen molar-refractivity contribution in [1.82, 2.24) is 14.7 Å². The number of aliphatic carboxylic acids is 2. The molecule has 0 bridgehead atoms. The standard InChI is InChI=1S/C30H61N3O6/c1-4-7-10-12-14-16-19-32(25-29(36)37)23-27(34)21-31(18-9-6-3)22-28(35)24-33(26-30(38)39)20-17-15-13-11-8-5-2/h27-28,34-35H,4-26H2,1-3H3,(H,36,37)(H,38,39). The van der Waals surface area contributed by atoms with Gasteiger partial charge in [0.25, 0.3) is 0 Å². The summed E-state index contributed by atoms with van der Waals surface area (Å²) < 4.78 is 0. The van der Waals surface area contributed by atoms with Crippen molar-refractivity contribution in [3.8, 4) is 0 Å². The van der Waals surface area contributed by atoms with E-state index in [1.165, 1.54) is 38.5 Å². The van der Waals surface area contributed by atoms with Crippen LogP contribution in [0.2, 0.25) is 0 Å². The highest BCUT2D eigenvalue weighted by Crippen LogP contribution is 2.09. The minimum Gasteiger partial charge on any atom is -0.480 e. The average Bonchev–Trinajstić information content (AvgIpc) is 2.85. The predicted molar refractivity (Wildman–Crippen MR) is 158 cm³/mol. The summed E-state index contributed by atoms with van der Waals surface area (Å²) in [5, 5.41) is 40.4. The molecule has 0 saturated carbocycles. The van der Waals surface area contributed by atoms with Gasteiger partial charge in [0, 0.05) is 26.2 Å². The normalized spacial score (nSPS) is 13.4. The first kappa shape index (κ1) is 37.7. The van der Waals surface area contributed by atoms with Gasteiger partial charge in [-0.1, -0.05) is 91.4 Å². The third kappa shape index (κ3) is 24.3. The van der Waals surface area contributed by atoms with Gasteiger partial charge < -0.3 is 20.4 Å². The largest absolute Gasteiger partial charge is 0.480 e. The topological polar surface area (TPSA) is 125 Å². The molecule has 0 aliphatic rings. The van der Waals surface area contributed by atoms with Gasteiger partial charge in [0.05, 0.1) is 25.3 Å². The van der Waals surface area contributed by atoms with Crippen molar-refractivity contribution in [3.63, 3.8) is 0 Å². The van der Waals surface area contributed by atoms with E-state index in [1.807, 2.05) is 14.7 Å². The van der Waals surface area contributed by atoms with Crippen LogP contribution in [0.3, 0.4) is 0 Å². The Morgan fingerprint density at radius 3 is 1.15 bits per heavy atom. The highest BCUT2D eigenvalue weighted by atomic mass is 16.4.